The molecule has 0 fully saturated rings. The largest absolute Gasteiger partial charge is 0.491 e. The number of methoxy groups -OCH3 is 1. The predicted octanol–water partition coefficient (Wildman–Crippen LogP) is 1.59. The molecule has 0 saturated carbocycles. The van der Waals surface area contributed by atoms with Crippen LogP contribution in [0.1, 0.15) is 13.8 Å². The lowest BCUT2D eigenvalue weighted by atomic mass is 10.3. The Balaban J connectivity index is 2.67. The van der Waals surface area contributed by atoms with E-state index in [0.29, 0.717) is 0 Å². The molecule has 0 amide bonds. The Morgan fingerprint density at radius 1 is 1.46 bits per heavy atom. The fourth-order valence-electron chi connectivity index (χ4n) is 1.08. The molecular weight excluding hydrogens is 185 g/mol. The Bertz CT molecular complexity index is 236. The minimum absolute atomic E-state index is 0.167. The van der Waals surface area contributed by atoms with Crippen LogP contribution in [-0.2, 0) is 9.47 Å². The summed E-state index contributed by atoms with van der Waals surface area (Å²) in [5.41, 5.74) is 1.00. The van der Waals surface area contributed by atoms with Crippen molar-refractivity contribution in [3.8, 4) is 0 Å². The van der Waals surface area contributed by atoms with Gasteiger partial charge in [-0.15, -0.1) is 0 Å². The fraction of sp³-hybridized carbons (Fsp3) is 0.556. The van der Waals surface area contributed by atoms with Gasteiger partial charge in [0, 0.05) is 12.5 Å². The second kappa shape index (κ2) is 4.64. The number of rotatable bonds is 3. The van der Waals surface area contributed by atoms with Gasteiger partial charge in [0.1, 0.15) is 5.76 Å². The Morgan fingerprint density at radius 3 is 2.69 bits per heavy atom. The zero-order chi connectivity index (χ0) is 9.84. The fourth-order valence-corrected chi connectivity index (χ4v) is 1.33. The van der Waals surface area contributed by atoms with Crippen molar-refractivity contribution in [2.24, 2.45) is 0 Å². The maximum absolute atomic E-state index is 5.56. The molecule has 2 atom stereocenters. The summed E-state index contributed by atoms with van der Waals surface area (Å²) >= 11 is 0. The van der Waals surface area contributed by atoms with E-state index >= 15 is 0 Å². The van der Waals surface area contributed by atoms with Crippen LogP contribution in [0.25, 0.3) is 0 Å². The van der Waals surface area contributed by atoms with Crippen molar-refractivity contribution in [3.05, 3.63) is 23.3 Å². The summed E-state index contributed by atoms with van der Waals surface area (Å²) in [6, 6.07) is 0. The molecule has 0 radical (unpaired) electrons. The topological polar surface area (TPSA) is 30.5 Å². The van der Waals surface area contributed by atoms with Crippen LogP contribution in [0, 0.1) is 0 Å². The molecule has 0 spiro atoms. The van der Waals surface area contributed by atoms with Crippen molar-refractivity contribution in [2.45, 2.75) is 26.2 Å². The molecule has 1 rings (SSSR count). The van der Waals surface area contributed by atoms with Gasteiger partial charge in [0.05, 0.1) is 6.10 Å². The minimum atomic E-state index is -0.167. The van der Waals surface area contributed by atoms with Crippen LogP contribution in [0.4, 0.5) is 0 Å². The van der Waals surface area contributed by atoms with Crippen LogP contribution < -0.4 is 5.32 Å². The molecule has 0 aromatic rings. The van der Waals surface area contributed by atoms with E-state index in [-0.39, 0.29) is 12.3 Å². The van der Waals surface area contributed by atoms with Gasteiger partial charge in [-0.05, 0) is 26.0 Å². The highest BCUT2D eigenvalue weighted by atomic mass is 31.0. The highest BCUT2D eigenvalue weighted by Gasteiger charge is 2.18. The zero-order valence-electron chi connectivity index (χ0n) is 8.20. The van der Waals surface area contributed by atoms with E-state index < -0.39 is 0 Å². The van der Waals surface area contributed by atoms with Crippen molar-refractivity contribution in [3.63, 3.8) is 0 Å². The van der Waals surface area contributed by atoms with Crippen LogP contribution in [0.5, 0.6) is 0 Å². The highest BCUT2D eigenvalue weighted by molar-refractivity contribution is 7.22. The van der Waals surface area contributed by atoms with Crippen LogP contribution in [0.2, 0.25) is 0 Å². The van der Waals surface area contributed by atoms with Gasteiger partial charge in [0.25, 0.3) is 0 Å². The maximum atomic E-state index is 5.56. The average molecular weight is 201 g/mol. The van der Waals surface area contributed by atoms with Gasteiger partial charge in [-0.2, -0.15) is 0 Å². The van der Waals surface area contributed by atoms with Crippen LogP contribution in [-0.4, -0.2) is 19.4 Å². The van der Waals surface area contributed by atoms with E-state index in [0.717, 1.165) is 11.2 Å². The first kappa shape index (κ1) is 10.6. The smallest absolute Gasteiger partial charge is 0.185 e. The van der Waals surface area contributed by atoms with E-state index in [2.05, 4.69) is 14.6 Å². The van der Waals surface area contributed by atoms with Crippen molar-refractivity contribution in [1.82, 2.24) is 5.32 Å². The van der Waals surface area contributed by atoms with Crippen LogP contribution >= 0.6 is 9.24 Å². The lowest BCUT2D eigenvalue weighted by Crippen LogP contribution is -2.34. The first-order valence-corrected chi connectivity index (χ1v) is 4.84. The van der Waals surface area contributed by atoms with E-state index in [1.165, 1.54) is 0 Å². The number of hydrogen-bond donors (Lipinski definition) is 1. The molecule has 0 aromatic heterocycles. The molecule has 0 saturated heterocycles. The Kier molecular flexibility index (Phi) is 3.76. The SMILES string of the molecule is COC1NC(P)=CC=C1OC(C)C. The zero-order valence-corrected chi connectivity index (χ0v) is 9.36. The maximum Gasteiger partial charge on any atom is 0.185 e. The van der Waals surface area contributed by atoms with Gasteiger partial charge in [-0.3, -0.25) is 0 Å². The third-order valence-corrected chi connectivity index (χ3v) is 1.95. The van der Waals surface area contributed by atoms with Gasteiger partial charge in [0.2, 0.25) is 0 Å². The van der Waals surface area contributed by atoms with Crippen LogP contribution in [0.3, 0.4) is 0 Å². The first-order chi connectivity index (χ1) is 6.13. The molecule has 4 heteroatoms. The van der Waals surface area contributed by atoms with E-state index in [1.807, 2.05) is 26.0 Å². The summed E-state index contributed by atoms with van der Waals surface area (Å²) in [5.74, 6) is 0.823. The second-order valence-electron chi connectivity index (χ2n) is 3.12. The molecule has 74 valence electrons. The summed E-state index contributed by atoms with van der Waals surface area (Å²) in [5, 5.41) is 3.13. The summed E-state index contributed by atoms with van der Waals surface area (Å²) in [7, 11) is 4.24. The minimum Gasteiger partial charge on any atom is -0.491 e. The number of nitrogens with one attached hydrogen (secondary N) is 1. The molecule has 2 unspecified atom stereocenters. The molecule has 13 heavy (non-hydrogen) atoms. The number of ether oxygens (including phenoxy) is 2. The van der Waals surface area contributed by atoms with Gasteiger partial charge >= 0.3 is 0 Å². The quantitative estimate of drug-likeness (QED) is 0.703. The molecule has 0 bridgehead atoms. The van der Waals surface area contributed by atoms with Crippen molar-refractivity contribution < 1.29 is 9.47 Å². The molecule has 1 aliphatic heterocycles. The van der Waals surface area contributed by atoms with Gasteiger partial charge in [-0.25, -0.2) is 0 Å². The lowest BCUT2D eigenvalue weighted by molar-refractivity contribution is 0.0291. The van der Waals surface area contributed by atoms with Crippen LogP contribution in [0.15, 0.2) is 23.3 Å². The molecular formula is C9H16NO2P. The summed E-state index contributed by atoms with van der Waals surface area (Å²) in [4.78, 5) is 0. The highest BCUT2D eigenvalue weighted by Crippen LogP contribution is 2.17. The summed E-state index contributed by atoms with van der Waals surface area (Å²) in [6.45, 7) is 3.99. The number of hydrogen-bond acceptors (Lipinski definition) is 3. The van der Waals surface area contributed by atoms with E-state index in [9.17, 15) is 0 Å². The molecule has 0 aromatic carbocycles. The molecule has 1 N–H and O–H groups in total. The third-order valence-electron chi connectivity index (χ3n) is 1.59. The normalized spacial score (nSPS) is 22.1. The summed E-state index contributed by atoms with van der Waals surface area (Å²) in [6.07, 6.45) is 3.87. The monoisotopic (exact) mass is 201 g/mol. The Labute approximate surface area is 81.4 Å². The van der Waals surface area contributed by atoms with Gasteiger partial charge in [0.15, 0.2) is 6.23 Å². The molecule has 1 heterocycles. The van der Waals surface area contributed by atoms with Crippen molar-refractivity contribution in [1.29, 1.82) is 0 Å². The van der Waals surface area contributed by atoms with E-state index in [1.54, 1.807) is 7.11 Å². The van der Waals surface area contributed by atoms with E-state index in [4.69, 9.17) is 9.47 Å². The average Bonchev–Trinajstić information content (AvgIpc) is 2.07. The predicted molar refractivity (Wildman–Crippen MR) is 56.0 cm³/mol. The van der Waals surface area contributed by atoms with Crippen molar-refractivity contribution in [2.75, 3.05) is 7.11 Å². The molecule has 0 aliphatic carbocycles. The Morgan fingerprint density at radius 2 is 2.15 bits per heavy atom. The molecule has 1 aliphatic rings. The molecule has 3 nitrogen and oxygen atoms in total. The number of dihydropyridines is 1. The standard InChI is InChI=1S/C9H16NO2P/c1-6(2)12-7-4-5-8(13)10-9(7)11-3/h4-6,9-10H,13H2,1-3H3. The summed E-state index contributed by atoms with van der Waals surface area (Å²) < 4.78 is 10.8. The van der Waals surface area contributed by atoms with Gasteiger partial charge in [-0.1, -0.05) is 9.24 Å². The first-order valence-electron chi connectivity index (χ1n) is 4.27. The third kappa shape index (κ3) is 3.02. The van der Waals surface area contributed by atoms with Gasteiger partial charge < -0.3 is 14.8 Å². The van der Waals surface area contributed by atoms with Crippen molar-refractivity contribution >= 4 is 9.24 Å². The second-order valence-corrected chi connectivity index (χ2v) is 3.74. The Hall–Kier alpha value is -0.530. The lowest BCUT2D eigenvalue weighted by Gasteiger charge is -2.26. The number of allylic oxidation sites excluding steroid dienone is 2.